The van der Waals surface area contributed by atoms with E-state index in [0.29, 0.717) is 21.9 Å². The summed E-state index contributed by atoms with van der Waals surface area (Å²) >= 11 is 12.0. The van der Waals surface area contributed by atoms with E-state index in [1.807, 2.05) is 24.3 Å². The van der Waals surface area contributed by atoms with Crippen LogP contribution in [0.2, 0.25) is 10.0 Å². The molecule has 0 saturated heterocycles. The van der Waals surface area contributed by atoms with Crippen LogP contribution in [-0.2, 0) is 20.2 Å². The molecule has 0 heterocycles. The molecule has 12 nitrogen and oxygen atoms in total. The average molecular weight is 891 g/mol. The van der Waals surface area contributed by atoms with Gasteiger partial charge in [0.15, 0.2) is 0 Å². The first-order valence-electron chi connectivity index (χ1n) is 14.3. The van der Waals surface area contributed by atoms with Crippen molar-refractivity contribution in [2.75, 3.05) is 0 Å². The second kappa shape index (κ2) is 16.5. The van der Waals surface area contributed by atoms with E-state index in [1.165, 1.54) is 36.4 Å². The summed E-state index contributed by atoms with van der Waals surface area (Å²) in [6, 6.07) is 25.9. The van der Waals surface area contributed by atoms with Crippen LogP contribution in [0, 0.1) is 13.8 Å². The van der Waals surface area contributed by atoms with Crippen LogP contribution in [-0.4, -0.2) is 85.0 Å². The van der Waals surface area contributed by atoms with Gasteiger partial charge in [-0.15, -0.1) is 20.5 Å². The van der Waals surface area contributed by atoms with E-state index < -0.39 is 30.0 Å². The van der Waals surface area contributed by atoms with Crippen molar-refractivity contribution in [2.45, 2.75) is 23.6 Å². The third-order valence-electron chi connectivity index (χ3n) is 7.31. The van der Waals surface area contributed by atoms with Gasteiger partial charge in [-0.2, -0.15) is 16.8 Å². The Morgan fingerprint density at radius 3 is 1.24 bits per heavy atom. The van der Waals surface area contributed by atoms with E-state index in [2.05, 4.69) is 20.5 Å². The second-order valence-electron chi connectivity index (χ2n) is 10.8. The summed E-state index contributed by atoms with van der Waals surface area (Å²) < 4.78 is 65.1. The van der Waals surface area contributed by atoms with Gasteiger partial charge in [0, 0.05) is 69.7 Å². The number of halogens is 2. The number of phenols is 2. The third kappa shape index (κ3) is 9.54. The van der Waals surface area contributed by atoms with E-state index in [9.17, 15) is 36.2 Å². The zero-order valence-electron chi connectivity index (χ0n) is 26.7. The molecule has 0 atom stereocenters. The van der Waals surface area contributed by atoms with Gasteiger partial charge < -0.3 is 10.2 Å². The maximum absolute atomic E-state index is 11.6. The molecule has 6 aromatic rings. The Bertz CT molecular complexity index is 2410. The Kier molecular flexibility index (Phi) is 13.1. The van der Waals surface area contributed by atoms with Crippen molar-refractivity contribution in [2.24, 2.45) is 20.5 Å². The molecule has 0 unspecified atom stereocenters. The molecule has 0 bridgehead atoms. The molecule has 6 aromatic carbocycles. The number of nitrogens with zero attached hydrogens (tertiary/aromatic N) is 4. The van der Waals surface area contributed by atoms with E-state index >= 15 is 0 Å². The van der Waals surface area contributed by atoms with E-state index in [1.54, 1.807) is 50.2 Å². The topological polar surface area (TPSA) is 199 Å². The number of fused-ring (bicyclic) bond motifs is 2. The predicted octanol–water partition coefficient (Wildman–Crippen LogP) is 9.96. The summed E-state index contributed by atoms with van der Waals surface area (Å²) in [5.41, 5.74) is 1.09. The summed E-state index contributed by atoms with van der Waals surface area (Å²) in [5, 5.41) is 39.4. The summed E-state index contributed by atoms with van der Waals surface area (Å²) in [5.74, 6) is -0.205. The number of aryl methyl sites for hydroxylation is 2. The fourth-order valence-electron chi connectivity index (χ4n) is 4.76. The fourth-order valence-corrected chi connectivity index (χ4v) is 6.46. The van der Waals surface area contributed by atoms with Crippen LogP contribution in [0.1, 0.15) is 11.1 Å². The predicted molar refractivity (Wildman–Crippen MR) is 197 cm³/mol. The SMILES string of the molecule is Cc1cc(S(=O)(=O)O)c(N=Nc2c(O)ccc3ccccc23)cc1Cl.Cc1cc(S(=O)(=O)O)c(N=Nc2c(O)ccc3ccccc23)cc1Cl.[Ba]. The van der Waals surface area contributed by atoms with E-state index in [0.717, 1.165) is 10.8 Å². The Balaban J connectivity index is 0.000000224. The largest absolute Gasteiger partial charge is 0.506 e. The molecule has 6 rings (SSSR count). The first kappa shape index (κ1) is 40.4. The van der Waals surface area contributed by atoms with Crippen molar-refractivity contribution in [1.29, 1.82) is 0 Å². The standard InChI is InChI=1S/2C17H13ClN2O4S.Ba/c2*1-10-8-16(25(22,23)24)14(9-13(10)18)19-20-17-12-5-3-2-4-11(12)6-7-15(17)21;/h2*2-9,21H,1H3,(H,22,23,24);. The van der Waals surface area contributed by atoms with Gasteiger partial charge in [0.25, 0.3) is 20.2 Å². The molecule has 17 heteroatoms. The molecule has 0 saturated carbocycles. The van der Waals surface area contributed by atoms with Crippen LogP contribution < -0.4 is 0 Å². The molecule has 0 aliphatic rings. The summed E-state index contributed by atoms with van der Waals surface area (Å²) in [7, 11) is -9.01. The first-order chi connectivity index (χ1) is 23.5. The molecule has 258 valence electrons. The van der Waals surface area contributed by atoms with Crippen molar-refractivity contribution in [3.05, 3.63) is 118 Å². The maximum atomic E-state index is 11.6. The van der Waals surface area contributed by atoms with Gasteiger partial charge in [-0.05, 0) is 72.1 Å². The molecule has 2 radical (unpaired) electrons. The van der Waals surface area contributed by atoms with Gasteiger partial charge in [0.1, 0.15) is 44.0 Å². The number of hydrogen-bond donors (Lipinski definition) is 4. The monoisotopic (exact) mass is 890 g/mol. The molecular formula is C34H26BaCl2N4O8S2. The molecule has 4 N–H and O–H groups in total. The molecule has 0 amide bonds. The average Bonchev–Trinajstić information content (AvgIpc) is 3.06. The van der Waals surface area contributed by atoms with Gasteiger partial charge >= 0.3 is 0 Å². The minimum Gasteiger partial charge on any atom is -0.506 e. The molecule has 0 aliphatic carbocycles. The van der Waals surface area contributed by atoms with Crippen molar-refractivity contribution in [1.82, 2.24) is 0 Å². The van der Waals surface area contributed by atoms with E-state index in [4.69, 9.17) is 23.2 Å². The smallest absolute Gasteiger partial charge is 0.296 e. The van der Waals surface area contributed by atoms with Gasteiger partial charge in [0.2, 0.25) is 0 Å². The number of rotatable bonds is 6. The second-order valence-corrected chi connectivity index (χ2v) is 14.4. The molecular weight excluding hydrogens is 865 g/mol. The quantitative estimate of drug-likeness (QED) is 0.0719. The normalized spacial score (nSPS) is 11.9. The molecule has 0 aromatic heterocycles. The maximum Gasteiger partial charge on any atom is 0.296 e. The molecule has 51 heavy (non-hydrogen) atoms. The Hall–Kier alpha value is -3.39. The van der Waals surface area contributed by atoms with Gasteiger partial charge in [-0.1, -0.05) is 83.9 Å². The van der Waals surface area contributed by atoms with Crippen molar-refractivity contribution in [3.8, 4) is 11.5 Å². The van der Waals surface area contributed by atoms with Gasteiger partial charge in [0.05, 0.1) is 0 Å². The van der Waals surface area contributed by atoms with Crippen molar-refractivity contribution in [3.63, 3.8) is 0 Å². The number of aromatic hydroxyl groups is 2. The Labute approximate surface area is 343 Å². The Morgan fingerprint density at radius 1 is 0.529 bits per heavy atom. The van der Waals surface area contributed by atoms with Crippen LogP contribution in [0.4, 0.5) is 22.7 Å². The van der Waals surface area contributed by atoms with Crippen molar-refractivity contribution >= 4 is 137 Å². The number of azo groups is 2. The number of hydrogen-bond acceptors (Lipinski definition) is 10. The third-order valence-corrected chi connectivity index (χ3v) is 9.89. The van der Waals surface area contributed by atoms with Gasteiger partial charge in [-0.25, -0.2) is 0 Å². The first-order valence-corrected chi connectivity index (χ1v) is 18.0. The summed E-state index contributed by atoms with van der Waals surface area (Å²) in [6.45, 7) is 3.21. The van der Waals surface area contributed by atoms with Crippen LogP contribution >= 0.6 is 23.2 Å². The van der Waals surface area contributed by atoms with E-state index in [-0.39, 0.29) is 93.2 Å². The molecule has 0 spiro atoms. The minimum absolute atomic E-state index is 0. The number of phenolic OH excluding ortho intramolecular Hbond substituents is 2. The zero-order chi connectivity index (χ0) is 36.4. The van der Waals surface area contributed by atoms with Gasteiger partial charge in [-0.3, -0.25) is 9.11 Å². The van der Waals surface area contributed by atoms with Crippen LogP contribution in [0.5, 0.6) is 11.5 Å². The van der Waals surface area contributed by atoms with Crippen molar-refractivity contribution < 1.29 is 36.2 Å². The minimum atomic E-state index is -4.50. The molecule has 0 fully saturated rings. The summed E-state index contributed by atoms with van der Waals surface area (Å²) in [6.07, 6.45) is 0. The fraction of sp³-hybridized carbons (Fsp3) is 0.0588. The van der Waals surface area contributed by atoms with Crippen LogP contribution in [0.25, 0.3) is 21.5 Å². The Morgan fingerprint density at radius 2 is 0.882 bits per heavy atom. The van der Waals surface area contributed by atoms with Crippen LogP contribution in [0.15, 0.2) is 127 Å². The zero-order valence-corrected chi connectivity index (χ0v) is 34.3. The summed E-state index contributed by atoms with van der Waals surface area (Å²) in [4.78, 5) is -0.809. The molecule has 0 aliphatic heterocycles. The van der Waals surface area contributed by atoms with Crippen LogP contribution in [0.3, 0.4) is 0 Å². The number of benzene rings is 6.